The molecule has 2 aliphatic rings. The van der Waals surface area contributed by atoms with Crippen molar-refractivity contribution < 1.29 is 24.2 Å². The van der Waals surface area contributed by atoms with Crippen molar-refractivity contribution in [2.75, 3.05) is 13.1 Å². The zero-order valence-electron chi connectivity index (χ0n) is 13.0. The normalized spacial score (nSPS) is 27.1. The highest BCUT2D eigenvalue weighted by Crippen LogP contribution is 2.45. The smallest absolute Gasteiger partial charge is 0.314 e. The van der Waals surface area contributed by atoms with Crippen molar-refractivity contribution in [3.63, 3.8) is 0 Å². The molecule has 1 heterocycles. The minimum atomic E-state index is -1.35. The first kappa shape index (κ1) is 17.2. The van der Waals surface area contributed by atoms with Crippen molar-refractivity contribution in [1.29, 1.82) is 0 Å². The molecule has 2 fully saturated rings. The van der Waals surface area contributed by atoms with E-state index < -0.39 is 29.2 Å². The second-order valence-electron chi connectivity index (χ2n) is 6.77. The molecule has 1 saturated carbocycles. The molecule has 0 radical (unpaired) electrons. The lowest BCUT2D eigenvalue weighted by Crippen LogP contribution is -2.57. The number of piperidine rings is 1. The maximum absolute atomic E-state index is 13.6. The van der Waals surface area contributed by atoms with E-state index in [9.17, 15) is 24.2 Å². The molecule has 5 nitrogen and oxygen atoms in total. The van der Waals surface area contributed by atoms with Crippen LogP contribution in [0.4, 0.5) is 4.39 Å². The molecule has 1 aromatic rings. The van der Waals surface area contributed by atoms with Crippen molar-refractivity contribution in [3.05, 3.63) is 34.6 Å². The number of likely N-dealkylation sites (tertiary alicyclic amines) is 1. The van der Waals surface area contributed by atoms with E-state index >= 15 is 0 Å². The number of hydrogen-bond donors (Lipinski definition) is 2. The number of amides is 1. The van der Waals surface area contributed by atoms with E-state index in [2.05, 4.69) is 0 Å². The van der Waals surface area contributed by atoms with Gasteiger partial charge in [0, 0.05) is 18.7 Å². The van der Waals surface area contributed by atoms with E-state index in [-0.39, 0.29) is 30.1 Å². The number of carboxylic acids is 1. The minimum Gasteiger partial charge on any atom is -0.481 e. The van der Waals surface area contributed by atoms with E-state index in [1.165, 1.54) is 17.0 Å². The van der Waals surface area contributed by atoms with Crippen molar-refractivity contribution >= 4 is 23.5 Å². The van der Waals surface area contributed by atoms with Crippen LogP contribution in [0.15, 0.2) is 18.2 Å². The average molecular weight is 356 g/mol. The summed E-state index contributed by atoms with van der Waals surface area (Å²) in [5.74, 6) is -1.93. The van der Waals surface area contributed by atoms with Crippen molar-refractivity contribution in [2.45, 2.75) is 31.8 Å². The summed E-state index contributed by atoms with van der Waals surface area (Å²) < 4.78 is 13.6. The lowest BCUT2D eigenvalue weighted by atomic mass is 9.73. The van der Waals surface area contributed by atoms with Gasteiger partial charge in [-0.1, -0.05) is 24.4 Å². The van der Waals surface area contributed by atoms with Gasteiger partial charge in [0.05, 0.1) is 11.1 Å². The van der Waals surface area contributed by atoms with Crippen LogP contribution in [0.25, 0.3) is 0 Å². The van der Waals surface area contributed by atoms with Crippen LogP contribution >= 0.6 is 11.6 Å². The molecule has 1 saturated heterocycles. The van der Waals surface area contributed by atoms with E-state index in [0.29, 0.717) is 12.3 Å². The molecule has 7 heteroatoms. The Balaban J connectivity index is 1.84. The maximum atomic E-state index is 13.6. The zero-order valence-corrected chi connectivity index (χ0v) is 13.8. The molecule has 0 spiro atoms. The lowest BCUT2D eigenvalue weighted by molar-refractivity contribution is -0.163. The number of aliphatic hydroxyl groups is 1. The highest BCUT2D eigenvalue weighted by molar-refractivity contribution is 6.30. The molecule has 0 aromatic heterocycles. The van der Waals surface area contributed by atoms with Crippen LogP contribution in [0.2, 0.25) is 5.02 Å². The second-order valence-corrected chi connectivity index (χ2v) is 7.18. The van der Waals surface area contributed by atoms with Crippen molar-refractivity contribution in [1.82, 2.24) is 4.90 Å². The highest BCUT2D eigenvalue weighted by Gasteiger charge is 2.52. The number of aliphatic hydroxyl groups excluding tert-OH is 1. The zero-order chi connectivity index (χ0) is 17.5. The third-order valence-corrected chi connectivity index (χ3v) is 5.32. The predicted molar refractivity (Wildman–Crippen MR) is 85.3 cm³/mol. The highest BCUT2D eigenvalue weighted by atomic mass is 35.5. The van der Waals surface area contributed by atoms with E-state index in [1.807, 2.05) is 0 Å². The van der Waals surface area contributed by atoms with Gasteiger partial charge in [-0.2, -0.15) is 0 Å². The number of carbonyl (C=O) groups is 2. The van der Waals surface area contributed by atoms with Gasteiger partial charge in [0.15, 0.2) is 0 Å². The minimum absolute atomic E-state index is 0.0664. The van der Waals surface area contributed by atoms with E-state index in [1.54, 1.807) is 0 Å². The summed E-state index contributed by atoms with van der Waals surface area (Å²) in [6.07, 6.45) is 1.49. The van der Waals surface area contributed by atoms with Gasteiger partial charge in [0.2, 0.25) is 0 Å². The number of carbonyl (C=O) groups excluding carboxylic acids is 1. The summed E-state index contributed by atoms with van der Waals surface area (Å²) >= 11 is 5.63. The first-order valence-electron chi connectivity index (χ1n) is 7.99. The van der Waals surface area contributed by atoms with Crippen molar-refractivity contribution in [2.24, 2.45) is 11.3 Å². The number of nitrogens with zero attached hydrogens (tertiary/aromatic N) is 1. The molecular formula is C17H19ClFNO4. The summed E-state index contributed by atoms with van der Waals surface area (Å²) in [7, 11) is 0. The number of benzene rings is 1. The molecule has 130 valence electrons. The summed E-state index contributed by atoms with van der Waals surface area (Å²) in [6.45, 7) is 0.174. The topological polar surface area (TPSA) is 77.8 Å². The number of rotatable bonds is 4. The van der Waals surface area contributed by atoms with Crippen molar-refractivity contribution in [3.8, 4) is 0 Å². The van der Waals surface area contributed by atoms with Gasteiger partial charge in [0.1, 0.15) is 11.2 Å². The quantitative estimate of drug-likeness (QED) is 0.870. The largest absolute Gasteiger partial charge is 0.481 e. The summed E-state index contributed by atoms with van der Waals surface area (Å²) in [5, 5.41) is 20.0. The monoisotopic (exact) mass is 355 g/mol. The van der Waals surface area contributed by atoms with Crippen LogP contribution in [0.3, 0.4) is 0 Å². The van der Waals surface area contributed by atoms with Crippen LogP contribution in [0.1, 0.15) is 36.0 Å². The van der Waals surface area contributed by atoms with E-state index in [4.69, 9.17) is 11.6 Å². The van der Waals surface area contributed by atoms with Crippen LogP contribution in [-0.4, -0.2) is 46.2 Å². The van der Waals surface area contributed by atoms with Gasteiger partial charge in [0.25, 0.3) is 5.91 Å². The number of aliphatic carboxylic acids is 1. The Bertz CT molecular complexity index is 679. The Kier molecular flexibility index (Phi) is 4.53. The van der Waals surface area contributed by atoms with Crippen LogP contribution < -0.4 is 0 Å². The van der Waals surface area contributed by atoms with Gasteiger partial charge >= 0.3 is 5.97 Å². The number of carboxylic acid groups (broad SMARTS) is 1. The predicted octanol–water partition coefficient (Wildman–Crippen LogP) is 2.56. The maximum Gasteiger partial charge on any atom is 0.314 e. The molecule has 1 aromatic carbocycles. The fourth-order valence-corrected chi connectivity index (χ4v) is 3.52. The first-order valence-corrected chi connectivity index (χ1v) is 8.37. The molecule has 1 amide bonds. The third-order valence-electron chi connectivity index (χ3n) is 5.01. The van der Waals surface area contributed by atoms with Gasteiger partial charge in [-0.25, -0.2) is 4.39 Å². The Hall–Kier alpha value is -1.66. The molecular weight excluding hydrogens is 337 g/mol. The Morgan fingerprint density at radius 2 is 2.04 bits per heavy atom. The van der Waals surface area contributed by atoms with Gasteiger partial charge < -0.3 is 15.1 Å². The molecule has 24 heavy (non-hydrogen) atoms. The summed E-state index contributed by atoms with van der Waals surface area (Å²) in [5.41, 5.74) is -1.22. The Morgan fingerprint density at radius 1 is 1.33 bits per heavy atom. The number of halogens is 2. The Morgan fingerprint density at radius 3 is 2.62 bits per heavy atom. The fourth-order valence-electron chi connectivity index (χ4n) is 3.40. The standard InChI is InChI=1S/C17H19ClFNO4/c18-12-4-3-11(7-13(12)19)15(22)20-6-5-14(21)17(9-20,16(23)24)8-10-1-2-10/h3-4,7,10,14,21H,1-2,5-6,8-9H2,(H,23,24)/t14-,17-/m1/s1. The van der Waals surface area contributed by atoms with Gasteiger partial charge in [-0.05, 0) is 37.0 Å². The average Bonchev–Trinajstić information content (AvgIpc) is 3.35. The molecule has 1 aliphatic heterocycles. The molecule has 2 N–H and O–H groups in total. The first-order chi connectivity index (χ1) is 11.3. The molecule has 2 atom stereocenters. The number of hydrogen-bond acceptors (Lipinski definition) is 3. The molecule has 0 unspecified atom stereocenters. The lowest BCUT2D eigenvalue weighted by Gasteiger charge is -2.43. The Labute approximate surface area is 144 Å². The van der Waals surface area contributed by atoms with Gasteiger partial charge in [-0.15, -0.1) is 0 Å². The van der Waals surface area contributed by atoms with Gasteiger partial charge in [-0.3, -0.25) is 9.59 Å². The molecule has 3 rings (SSSR count). The molecule has 0 bridgehead atoms. The van der Waals surface area contributed by atoms with Crippen LogP contribution in [-0.2, 0) is 4.79 Å². The third kappa shape index (κ3) is 3.13. The summed E-state index contributed by atoms with van der Waals surface area (Å²) in [6, 6.07) is 3.78. The van der Waals surface area contributed by atoms with Crippen LogP contribution in [0, 0.1) is 17.2 Å². The molecule has 1 aliphatic carbocycles. The SMILES string of the molecule is O=C(c1ccc(Cl)c(F)c1)N1CC[C@@H](O)[C@](CC2CC2)(C(=O)O)C1. The summed E-state index contributed by atoms with van der Waals surface area (Å²) in [4.78, 5) is 25.9. The van der Waals surface area contributed by atoms with Crippen LogP contribution in [0.5, 0.6) is 0 Å². The second kappa shape index (κ2) is 6.33. The fraction of sp³-hybridized carbons (Fsp3) is 0.529. The van der Waals surface area contributed by atoms with E-state index in [0.717, 1.165) is 18.9 Å².